The Labute approximate surface area is 104 Å². The Morgan fingerprint density at radius 3 is 2.59 bits per heavy atom. The fourth-order valence-corrected chi connectivity index (χ4v) is 2.25. The van der Waals surface area contributed by atoms with E-state index < -0.39 is 0 Å². The molecule has 0 unspecified atom stereocenters. The molecule has 0 aliphatic heterocycles. The molecule has 0 fully saturated rings. The highest BCUT2D eigenvalue weighted by molar-refractivity contribution is 7.98. The number of nitriles is 2. The molecule has 0 aliphatic rings. The van der Waals surface area contributed by atoms with Crippen LogP contribution in [0, 0.1) is 22.7 Å². The van der Waals surface area contributed by atoms with Crippen molar-refractivity contribution >= 4 is 11.8 Å². The van der Waals surface area contributed by atoms with Gasteiger partial charge in [-0.05, 0) is 30.5 Å². The average molecular weight is 239 g/mol. The van der Waals surface area contributed by atoms with Crippen LogP contribution in [0.2, 0.25) is 0 Å². The lowest BCUT2D eigenvalue weighted by molar-refractivity contribution is 1.03. The molecule has 1 aromatic heterocycles. The van der Waals surface area contributed by atoms with Crippen LogP contribution in [-0.2, 0) is 0 Å². The third kappa shape index (κ3) is 1.91. The van der Waals surface area contributed by atoms with Gasteiger partial charge in [0.05, 0.1) is 11.3 Å². The van der Waals surface area contributed by atoms with E-state index in [-0.39, 0.29) is 0 Å². The van der Waals surface area contributed by atoms with E-state index in [9.17, 15) is 5.26 Å². The first-order valence-electron chi connectivity index (χ1n) is 4.96. The van der Waals surface area contributed by atoms with Crippen molar-refractivity contribution in [2.24, 2.45) is 0 Å². The fourth-order valence-electron chi connectivity index (χ4n) is 1.68. The second-order valence-corrected chi connectivity index (χ2v) is 4.19. The molecule has 17 heavy (non-hydrogen) atoms. The highest BCUT2D eigenvalue weighted by Crippen LogP contribution is 2.26. The maximum absolute atomic E-state index is 9.23. The normalized spacial score (nSPS) is 9.59. The summed E-state index contributed by atoms with van der Waals surface area (Å²) in [5.74, 6) is 0. The Bertz CT molecular complexity index is 629. The third-order valence-electron chi connectivity index (χ3n) is 2.46. The summed E-state index contributed by atoms with van der Waals surface area (Å²) in [6.07, 6.45) is 3.72. The number of thioether (sulfide) groups is 1. The van der Waals surface area contributed by atoms with E-state index >= 15 is 0 Å². The maximum atomic E-state index is 9.23. The van der Waals surface area contributed by atoms with Crippen molar-refractivity contribution in [3.8, 4) is 17.8 Å². The summed E-state index contributed by atoms with van der Waals surface area (Å²) >= 11 is 1.53. The molecule has 2 aromatic rings. The largest absolute Gasteiger partial charge is 0.307 e. The van der Waals surface area contributed by atoms with Gasteiger partial charge in [-0.25, -0.2) is 0 Å². The molecule has 0 saturated heterocycles. The summed E-state index contributed by atoms with van der Waals surface area (Å²) in [6.45, 7) is 0. The number of aromatic nitrogens is 1. The van der Waals surface area contributed by atoms with Gasteiger partial charge < -0.3 is 4.57 Å². The molecule has 0 spiro atoms. The lowest BCUT2D eigenvalue weighted by atomic mass is 10.2. The first-order valence-corrected chi connectivity index (χ1v) is 6.19. The highest BCUT2D eigenvalue weighted by atomic mass is 32.2. The summed E-state index contributed by atoms with van der Waals surface area (Å²) in [5.41, 5.74) is 1.88. The molecule has 0 bridgehead atoms. The van der Waals surface area contributed by atoms with Crippen molar-refractivity contribution in [2.75, 3.05) is 6.26 Å². The Kier molecular flexibility index (Phi) is 3.18. The van der Waals surface area contributed by atoms with E-state index in [1.54, 1.807) is 22.9 Å². The summed E-state index contributed by atoms with van der Waals surface area (Å²) in [7, 11) is 0. The van der Waals surface area contributed by atoms with E-state index in [1.165, 1.54) is 11.8 Å². The summed E-state index contributed by atoms with van der Waals surface area (Å²) in [6, 6.07) is 13.5. The van der Waals surface area contributed by atoms with Crippen molar-refractivity contribution in [3.05, 3.63) is 47.8 Å². The van der Waals surface area contributed by atoms with Crippen LogP contribution in [0.15, 0.2) is 41.4 Å². The van der Waals surface area contributed by atoms with Gasteiger partial charge in [-0.3, -0.25) is 0 Å². The van der Waals surface area contributed by atoms with Crippen LogP contribution in [0.3, 0.4) is 0 Å². The zero-order valence-electron chi connectivity index (χ0n) is 9.21. The van der Waals surface area contributed by atoms with Crippen molar-refractivity contribution in [1.82, 2.24) is 4.57 Å². The Morgan fingerprint density at radius 2 is 1.94 bits per heavy atom. The molecule has 1 heterocycles. The van der Waals surface area contributed by atoms with Crippen molar-refractivity contribution in [3.63, 3.8) is 0 Å². The van der Waals surface area contributed by atoms with E-state index in [4.69, 9.17) is 5.26 Å². The average Bonchev–Trinajstić information content (AvgIpc) is 2.85. The molecule has 0 amide bonds. The van der Waals surface area contributed by atoms with Gasteiger partial charge in [0.15, 0.2) is 0 Å². The first-order chi connectivity index (χ1) is 8.31. The molecular weight excluding hydrogens is 230 g/mol. The van der Waals surface area contributed by atoms with Gasteiger partial charge >= 0.3 is 0 Å². The number of hydrogen-bond donors (Lipinski definition) is 0. The lowest BCUT2D eigenvalue weighted by Gasteiger charge is -2.09. The second-order valence-electron chi connectivity index (χ2n) is 3.34. The van der Waals surface area contributed by atoms with Crippen LogP contribution in [0.1, 0.15) is 11.3 Å². The number of rotatable bonds is 2. The topological polar surface area (TPSA) is 52.5 Å². The lowest BCUT2D eigenvalue weighted by Crippen LogP contribution is -1.99. The van der Waals surface area contributed by atoms with E-state index in [2.05, 4.69) is 12.1 Å². The van der Waals surface area contributed by atoms with Gasteiger partial charge in [-0.2, -0.15) is 10.5 Å². The number of benzene rings is 1. The Balaban J connectivity index is 2.69. The summed E-state index contributed by atoms with van der Waals surface area (Å²) < 4.78 is 1.73. The van der Waals surface area contributed by atoms with E-state index in [0.717, 1.165) is 10.6 Å². The summed E-state index contributed by atoms with van der Waals surface area (Å²) in [4.78, 5) is 0.919. The molecule has 0 aliphatic carbocycles. The molecule has 0 radical (unpaired) electrons. The van der Waals surface area contributed by atoms with Crippen LogP contribution >= 0.6 is 11.8 Å². The number of nitrogens with zero attached hydrogens (tertiary/aromatic N) is 3. The molecule has 82 valence electrons. The van der Waals surface area contributed by atoms with Gasteiger partial charge in [-0.15, -0.1) is 11.8 Å². The zero-order chi connectivity index (χ0) is 12.3. The van der Waals surface area contributed by atoms with Gasteiger partial charge in [0.2, 0.25) is 0 Å². The van der Waals surface area contributed by atoms with Gasteiger partial charge in [-0.1, -0.05) is 6.07 Å². The van der Waals surface area contributed by atoms with Gasteiger partial charge in [0.1, 0.15) is 17.8 Å². The molecule has 3 nitrogen and oxygen atoms in total. The van der Waals surface area contributed by atoms with Crippen LogP contribution < -0.4 is 0 Å². The van der Waals surface area contributed by atoms with Crippen LogP contribution in [0.5, 0.6) is 0 Å². The van der Waals surface area contributed by atoms with Crippen LogP contribution in [0.4, 0.5) is 0 Å². The van der Waals surface area contributed by atoms with Crippen molar-refractivity contribution < 1.29 is 0 Å². The van der Waals surface area contributed by atoms with Crippen LogP contribution in [-0.4, -0.2) is 10.8 Å². The molecule has 0 saturated carbocycles. The highest BCUT2D eigenvalue weighted by Gasteiger charge is 2.10. The quantitative estimate of drug-likeness (QED) is 0.757. The predicted molar refractivity (Wildman–Crippen MR) is 67.0 cm³/mol. The minimum atomic E-state index is 0.528. The Morgan fingerprint density at radius 1 is 1.12 bits per heavy atom. The van der Waals surface area contributed by atoms with Crippen molar-refractivity contribution in [2.45, 2.75) is 4.90 Å². The minimum Gasteiger partial charge on any atom is -0.307 e. The molecular formula is C13H9N3S. The standard InChI is InChI=1S/C13H9N3S/c1-17-13-6-2-5-12(11(13)9-15)16-7-3-4-10(16)8-14/h2-7H,1H3. The smallest absolute Gasteiger partial charge is 0.124 e. The SMILES string of the molecule is CSc1cccc(-n2cccc2C#N)c1C#N. The number of hydrogen-bond acceptors (Lipinski definition) is 3. The minimum absolute atomic E-state index is 0.528. The Hall–Kier alpha value is -2.17. The molecule has 1 aromatic carbocycles. The van der Waals surface area contributed by atoms with E-state index in [1.807, 2.05) is 24.5 Å². The second kappa shape index (κ2) is 4.78. The van der Waals surface area contributed by atoms with Gasteiger partial charge in [0.25, 0.3) is 0 Å². The summed E-state index contributed by atoms with van der Waals surface area (Å²) in [5, 5.41) is 18.2. The van der Waals surface area contributed by atoms with Crippen molar-refractivity contribution in [1.29, 1.82) is 10.5 Å². The molecule has 0 atom stereocenters. The zero-order valence-corrected chi connectivity index (χ0v) is 10.0. The maximum Gasteiger partial charge on any atom is 0.124 e. The molecule has 2 rings (SSSR count). The molecule has 4 heteroatoms. The van der Waals surface area contributed by atoms with Gasteiger partial charge in [0, 0.05) is 11.1 Å². The monoisotopic (exact) mass is 239 g/mol. The fraction of sp³-hybridized carbons (Fsp3) is 0.0769. The first kappa shape index (κ1) is 11.3. The van der Waals surface area contributed by atoms with Crippen LogP contribution in [0.25, 0.3) is 5.69 Å². The molecule has 0 N–H and O–H groups in total. The predicted octanol–water partition coefficient (Wildman–Crippen LogP) is 2.94. The van der Waals surface area contributed by atoms with E-state index in [0.29, 0.717) is 11.3 Å². The third-order valence-corrected chi connectivity index (χ3v) is 3.24.